The van der Waals surface area contributed by atoms with Crippen LogP contribution in [0.5, 0.6) is 5.75 Å². The van der Waals surface area contributed by atoms with Crippen LogP contribution in [0, 0.1) is 32.1 Å². The zero-order valence-corrected chi connectivity index (χ0v) is 20.8. The zero-order chi connectivity index (χ0) is 24.0. The molecule has 8 heteroatoms. The predicted molar refractivity (Wildman–Crippen MR) is 138 cm³/mol. The normalized spacial score (nSPS) is 20.0. The third-order valence-corrected chi connectivity index (χ3v) is 7.84. The Bertz CT molecular complexity index is 1280. The van der Waals surface area contributed by atoms with Crippen LogP contribution < -0.4 is 4.74 Å². The minimum Gasteiger partial charge on any atom is -0.495 e. The minimum atomic E-state index is -0.387. The molecule has 1 fully saturated rings. The van der Waals surface area contributed by atoms with Crippen molar-refractivity contribution < 1.29 is 9.53 Å². The number of hydrogen-bond acceptors (Lipinski definition) is 5. The number of amidine groups is 2. The van der Waals surface area contributed by atoms with E-state index >= 15 is 0 Å². The Balaban J connectivity index is 1.50. The number of methoxy groups -OCH3 is 1. The molecule has 3 aliphatic rings. The maximum Gasteiger partial charge on any atom is 0.283 e. The van der Waals surface area contributed by atoms with Crippen LogP contribution in [0.2, 0.25) is 0 Å². The molecule has 3 heterocycles. The van der Waals surface area contributed by atoms with Gasteiger partial charge in [-0.3, -0.25) is 10.2 Å². The fourth-order valence-electron chi connectivity index (χ4n) is 4.96. The number of hydrogen-bond donors (Lipinski definition) is 1. The molecule has 1 aromatic heterocycles. The van der Waals surface area contributed by atoms with Gasteiger partial charge < -0.3 is 9.30 Å². The average Bonchev–Trinajstić information content (AvgIpc) is 3.37. The zero-order valence-electron chi connectivity index (χ0n) is 20.0. The van der Waals surface area contributed by atoms with Crippen LogP contribution in [-0.4, -0.2) is 38.6 Å². The number of thioether (sulfide) groups is 1. The molecule has 1 N–H and O–H groups in total. The summed E-state index contributed by atoms with van der Waals surface area (Å²) in [6.07, 6.45) is 7.69. The number of aliphatic imine (C=N–C) groups is 1. The molecule has 0 atom stereocenters. The van der Waals surface area contributed by atoms with Crippen molar-refractivity contribution in [1.29, 1.82) is 5.41 Å². The number of ether oxygens (including phenoxy) is 1. The Morgan fingerprint density at radius 2 is 1.91 bits per heavy atom. The standard InChI is InChI=1S/C26H29N5O2S/c1-15-10-11-22(33-4)21(12-15)30-16(2)13-19(17(30)3)14-20-23(27)31-26(28-24(20)32)34-25(29-31)18-8-6-5-7-9-18/h10-14,18,27H,5-9H2,1-4H3/b20-14-,27-23?. The van der Waals surface area contributed by atoms with Crippen molar-refractivity contribution in [2.24, 2.45) is 16.0 Å². The highest BCUT2D eigenvalue weighted by atomic mass is 32.2. The van der Waals surface area contributed by atoms with Crippen LogP contribution >= 0.6 is 11.8 Å². The van der Waals surface area contributed by atoms with E-state index in [-0.39, 0.29) is 17.3 Å². The Kier molecular flexibility index (Phi) is 5.93. The van der Waals surface area contributed by atoms with E-state index in [1.165, 1.54) is 36.0 Å². The van der Waals surface area contributed by atoms with Gasteiger partial charge >= 0.3 is 0 Å². The summed E-state index contributed by atoms with van der Waals surface area (Å²) in [6.45, 7) is 6.09. The first-order valence-corrected chi connectivity index (χ1v) is 12.5. The number of carbonyl (C=O) groups is 1. The fraction of sp³-hybridized carbons (Fsp3) is 0.385. The molecule has 0 saturated heterocycles. The van der Waals surface area contributed by atoms with Gasteiger partial charge in [-0.1, -0.05) is 25.3 Å². The summed E-state index contributed by atoms with van der Waals surface area (Å²) in [6, 6.07) is 8.10. The average molecular weight is 476 g/mol. The Morgan fingerprint density at radius 1 is 1.15 bits per heavy atom. The maximum atomic E-state index is 12.9. The van der Waals surface area contributed by atoms with E-state index < -0.39 is 0 Å². The highest BCUT2D eigenvalue weighted by molar-refractivity contribution is 8.27. The van der Waals surface area contributed by atoms with E-state index in [1.54, 1.807) is 13.2 Å². The first kappa shape index (κ1) is 22.7. The number of carbonyl (C=O) groups excluding carboxylic acids is 1. The molecule has 0 unspecified atom stereocenters. The van der Waals surface area contributed by atoms with Gasteiger partial charge in [-0.15, -0.1) is 0 Å². The monoisotopic (exact) mass is 475 g/mol. The summed E-state index contributed by atoms with van der Waals surface area (Å²) in [5.74, 6) is 0.889. The number of nitrogens with one attached hydrogen (secondary N) is 1. The van der Waals surface area contributed by atoms with Crippen molar-refractivity contribution in [3.8, 4) is 11.4 Å². The molecule has 0 bridgehead atoms. The lowest BCUT2D eigenvalue weighted by Crippen LogP contribution is -2.35. The van der Waals surface area contributed by atoms with Crippen LogP contribution in [0.1, 0.15) is 54.6 Å². The minimum absolute atomic E-state index is 0.0891. The van der Waals surface area contributed by atoms with Crippen LogP contribution in [0.15, 0.2) is 39.9 Å². The molecule has 7 nitrogen and oxygen atoms in total. The fourth-order valence-corrected chi connectivity index (χ4v) is 6.02. The Hall–Kier alpha value is -3.13. The molecule has 0 radical (unpaired) electrons. The van der Waals surface area contributed by atoms with Gasteiger partial charge in [0.15, 0.2) is 5.84 Å². The number of amides is 1. The van der Waals surface area contributed by atoms with E-state index in [2.05, 4.69) is 15.6 Å². The van der Waals surface area contributed by atoms with Gasteiger partial charge in [0.2, 0.25) is 5.17 Å². The number of hydrazone groups is 1. The van der Waals surface area contributed by atoms with Crippen molar-refractivity contribution in [2.75, 3.05) is 7.11 Å². The van der Waals surface area contributed by atoms with Crippen molar-refractivity contribution in [3.63, 3.8) is 0 Å². The largest absolute Gasteiger partial charge is 0.495 e. The topological polar surface area (TPSA) is 83.0 Å². The summed E-state index contributed by atoms with van der Waals surface area (Å²) in [4.78, 5) is 17.2. The lowest BCUT2D eigenvalue weighted by Gasteiger charge is -2.20. The molecule has 5 rings (SSSR count). The van der Waals surface area contributed by atoms with Crippen molar-refractivity contribution in [2.45, 2.75) is 52.9 Å². The molecule has 34 heavy (non-hydrogen) atoms. The first-order valence-electron chi connectivity index (χ1n) is 11.7. The first-order chi connectivity index (χ1) is 16.4. The summed E-state index contributed by atoms with van der Waals surface area (Å²) in [5.41, 5.74) is 5.19. The number of rotatable bonds is 4. The molecular formula is C26H29N5O2S. The number of fused-ring (bicyclic) bond motifs is 1. The lowest BCUT2D eigenvalue weighted by atomic mass is 9.90. The lowest BCUT2D eigenvalue weighted by molar-refractivity contribution is -0.114. The molecule has 2 aliphatic heterocycles. The summed E-state index contributed by atoms with van der Waals surface area (Å²) in [7, 11) is 1.67. The highest BCUT2D eigenvalue weighted by Crippen LogP contribution is 2.37. The van der Waals surface area contributed by atoms with Crippen LogP contribution in [0.25, 0.3) is 11.8 Å². The van der Waals surface area contributed by atoms with Gasteiger partial charge in [0.05, 0.1) is 18.4 Å². The second kappa shape index (κ2) is 8.91. The SMILES string of the molecule is COc1ccc(C)cc1-n1c(C)cc(/C=C2/C(=N)N3N=C(C4CCCCC4)SC3=NC2=O)c1C. The van der Waals surface area contributed by atoms with Crippen LogP contribution in [0.4, 0.5) is 0 Å². The highest BCUT2D eigenvalue weighted by Gasteiger charge is 2.38. The van der Waals surface area contributed by atoms with E-state index in [0.717, 1.165) is 51.8 Å². The predicted octanol–water partition coefficient (Wildman–Crippen LogP) is 5.61. The second-order valence-electron chi connectivity index (χ2n) is 9.13. The number of aryl methyl sites for hydroxylation is 2. The van der Waals surface area contributed by atoms with Gasteiger partial charge in [0.25, 0.3) is 5.91 Å². The van der Waals surface area contributed by atoms with Gasteiger partial charge in [-0.05, 0) is 80.8 Å². The van der Waals surface area contributed by atoms with Gasteiger partial charge in [-0.25, -0.2) is 0 Å². The molecule has 1 aliphatic carbocycles. The molecule has 2 aromatic rings. The third-order valence-electron chi connectivity index (χ3n) is 6.77. The summed E-state index contributed by atoms with van der Waals surface area (Å²) in [5, 5.41) is 16.5. The van der Waals surface area contributed by atoms with E-state index in [9.17, 15) is 4.79 Å². The summed E-state index contributed by atoms with van der Waals surface area (Å²) >= 11 is 1.45. The smallest absolute Gasteiger partial charge is 0.283 e. The second-order valence-corrected chi connectivity index (χ2v) is 10.1. The van der Waals surface area contributed by atoms with Crippen molar-refractivity contribution in [1.82, 2.24) is 9.58 Å². The quantitative estimate of drug-likeness (QED) is 0.583. The van der Waals surface area contributed by atoms with Crippen LogP contribution in [-0.2, 0) is 4.79 Å². The Labute approximate surface area is 204 Å². The Morgan fingerprint density at radius 3 is 2.65 bits per heavy atom. The van der Waals surface area contributed by atoms with E-state index in [4.69, 9.17) is 15.2 Å². The molecule has 0 spiro atoms. The van der Waals surface area contributed by atoms with Crippen LogP contribution in [0.3, 0.4) is 0 Å². The van der Waals surface area contributed by atoms with E-state index in [0.29, 0.717) is 11.1 Å². The van der Waals surface area contributed by atoms with Gasteiger partial charge in [0, 0.05) is 17.3 Å². The number of nitrogens with zero attached hydrogens (tertiary/aromatic N) is 4. The summed E-state index contributed by atoms with van der Waals surface area (Å²) < 4.78 is 7.72. The molecule has 1 amide bonds. The molecule has 176 valence electrons. The van der Waals surface area contributed by atoms with Gasteiger partial charge in [-0.2, -0.15) is 15.1 Å². The van der Waals surface area contributed by atoms with Gasteiger partial charge in [0.1, 0.15) is 10.8 Å². The maximum absolute atomic E-state index is 12.9. The van der Waals surface area contributed by atoms with E-state index in [1.807, 2.05) is 39.0 Å². The molecule has 1 saturated carbocycles. The number of benzene rings is 1. The van der Waals surface area contributed by atoms with Crippen molar-refractivity contribution in [3.05, 3.63) is 52.4 Å². The molecular weight excluding hydrogens is 446 g/mol. The number of aromatic nitrogens is 1. The molecule has 1 aromatic carbocycles. The van der Waals surface area contributed by atoms with Crippen molar-refractivity contribution >= 4 is 39.8 Å². The third kappa shape index (κ3) is 3.90.